The van der Waals surface area contributed by atoms with Gasteiger partial charge in [-0.2, -0.15) is 0 Å². The highest BCUT2D eigenvalue weighted by Gasteiger charge is 2.23. The van der Waals surface area contributed by atoms with Crippen molar-refractivity contribution in [2.45, 2.75) is 64.6 Å². The van der Waals surface area contributed by atoms with Crippen molar-refractivity contribution in [2.75, 3.05) is 13.7 Å². The molecule has 0 fully saturated rings. The van der Waals surface area contributed by atoms with Crippen molar-refractivity contribution in [2.24, 2.45) is 0 Å². The molecular formula is C31H38O4. The van der Waals surface area contributed by atoms with Crippen molar-refractivity contribution in [3.8, 4) is 16.9 Å². The molecule has 0 heterocycles. The summed E-state index contributed by atoms with van der Waals surface area (Å²) in [6, 6.07) is 26.2. The zero-order valence-electron chi connectivity index (χ0n) is 21.2. The van der Waals surface area contributed by atoms with E-state index in [1.807, 2.05) is 49.4 Å². The van der Waals surface area contributed by atoms with Crippen LogP contribution in [0.2, 0.25) is 0 Å². The van der Waals surface area contributed by atoms with E-state index in [1.54, 1.807) is 0 Å². The van der Waals surface area contributed by atoms with Crippen molar-refractivity contribution in [3.05, 3.63) is 90.0 Å². The molecule has 35 heavy (non-hydrogen) atoms. The number of ether oxygens (including phenoxy) is 3. The first-order chi connectivity index (χ1) is 17.1. The molecule has 0 aliphatic heterocycles. The summed E-state index contributed by atoms with van der Waals surface area (Å²) in [4.78, 5) is 12.5. The van der Waals surface area contributed by atoms with Crippen LogP contribution >= 0.6 is 0 Å². The van der Waals surface area contributed by atoms with Crippen molar-refractivity contribution < 1.29 is 19.0 Å². The van der Waals surface area contributed by atoms with Gasteiger partial charge in [0.25, 0.3) is 0 Å². The Balaban J connectivity index is 1.45. The number of aryl methyl sites for hydroxylation is 1. The highest BCUT2D eigenvalue weighted by Crippen LogP contribution is 2.24. The van der Waals surface area contributed by atoms with E-state index in [9.17, 15) is 4.79 Å². The fourth-order valence-corrected chi connectivity index (χ4v) is 4.04. The van der Waals surface area contributed by atoms with Gasteiger partial charge >= 0.3 is 5.97 Å². The second-order valence-electron chi connectivity index (χ2n) is 8.97. The summed E-state index contributed by atoms with van der Waals surface area (Å²) < 4.78 is 16.7. The molecule has 4 heteroatoms. The van der Waals surface area contributed by atoms with Crippen LogP contribution in [0.4, 0.5) is 0 Å². The van der Waals surface area contributed by atoms with Gasteiger partial charge in [-0.05, 0) is 54.2 Å². The number of hydrogen-bond acceptors (Lipinski definition) is 4. The van der Waals surface area contributed by atoms with Gasteiger partial charge in [0.2, 0.25) is 0 Å². The Kier molecular flexibility index (Phi) is 10.8. The first-order valence-corrected chi connectivity index (χ1v) is 12.7. The molecule has 186 valence electrons. The molecule has 0 aliphatic carbocycles. The maximum absolute atomic E-state index is 12.5. The predicted molar refractivity (Wildman–Crippen MR) is 142 cm³/mol. The molecular weight excluding hydrogens is 436 g/mol. The monoisotopic (exact) mass is 474 g/mol. The third-order valence-corrected chi connectivity index (χ3v) is 6.06. The highest BCUT2D eigenvalue weighted by molar-refractivity contribution is 5.76. The maximum atomic E-state index is 12.5. The van der Waals surface area contributed by atoms with Gasteiger partial charge < -0.3 is 14.2 Å². The van der Waals surface area contributed by atoms with E-state index < -0.39 is 18.2 Å². The summed E-state index contributed by atoms with van der Waals surface area (Å²) in [6.07, 6.45) is 6.54. The summed E-state index contributed by atoms with van der Waals surface area (Å²) in [5, 5.41) is 0. The van der Waals surface area contributed by atoms with Crippen LogP contribution in [0.25, 0.3) is 11.1 Å². The topological polar surface area (TPSA) is 44.8 Å². The third-order valence-electron chi connectivity index (χ3n) is 6.06. The molecule has 2 unspecified atom stereocenters. The van der Waals surface area contributed by atoms with Crippen molar-refractivity contribution >= 4 is 5.97 Å². The molecule has 0 saturated carbocycles. The van der Waals surface area contributed by atoms with Crippen LogP contribution in [0.15, 0.2) is 78.9 Å². The molecule has 3 aromatic carbocycles. The maximum Gasteiger partial charge on any atom is 0.340 e. The molecule has 0 radical (unpaired) electrons. The fourth-order valence-electron chi connectivity index (χ4n) is 4.04. The number of esters is 1. The minimum Gasteiger partial charge on any atom is -0.490 e. The fraction of sp³-hybridized carbons (Fsp3) is 0.387. The van der Waals surface area contributed by atoms with Crippen LogP contribution in [0.3, 0.4) is 0 Å². The van der Waals surface area contributed by atoms with Gasteiger partial charge in [-0.15, -0.1) is 0 Å². The Labute approximate surface area is 210 Å². The zero-order valence-corrected chi connectivity index (χ0v) is 21.2. The molecule has 0 aliphatic rings. The van der Waals surface area contributed by atoms with Crippen LogP contribution in [-0.2, 0) is 20.7 Å². The first kappa shape index (κ1) is 26.5. The lowest BCUT2D eigenvalue weighted by molar-refractivity contribution is -0.162. The minimum absolute atomic E-state index is 0.267. The molecule has 4 nitrogen and oxygen atoms in total. The minimum atomic E-state index is -0.745. The van der Waals surface area contributed by atoms with Crippen molar-refractivity contribution in [1.29, 1.82) is 0 Å². The smallest absolute Gasteiger partial charge is 0.340 e. The van der Waals surface area contributed by atoms with Gasteiger partial charge in [-0.3, -0.25) is 0 Å². The van der Waals surface area contributed by atoms with Gasteiger partial charge in [0.05, 0.1) is 0 Å². The Bertz CT molecular complexity index is 996. The van der Waals surface area contributed by atoms with E-state index in [1.165, 1.54) is 50.3 Å². The number of carbonyl (C=O) groups is 1. The van der Waals surface area contributed by atoms with E-state index in [2.05, 4.69) is 43.3 Å². The van der Waals surface area contributed by atoms with Gasteiger partial charge in [-0.25, -0.2) is 4.79 Å². The van der Waals surface area contributed by atoms with Crippen molar-refractivity contribution in [3.63, 3.8) is 0 Å². The zero-order chi connectivity index (χ0) is 24.9. The molecule has 0 spiro atoms. The van der Waals surface area contributed by atoms with E-state index in [-0.39, 0.29) is 6.61 Å². The molecule has 3 aromatic rings. The summed E-state index contributed by atoms with van der Waals surface area (Å²) in [5.74, 6) is 0.321. The van der Waals surface area contributed by atoms with Crippen molar-refractivity contribution in [1.82, 2.24) is 0 Å². The van der Waals surface area contributed by atoms with Crippen LogP contribution < -0.4 is 4.74 Å². The summed E-state index contributed by atoms with van der Waals surface area (Å²) in [5.41, 5.74) is 4.51. The van der Waals surface area contributed by atoms with E-state index in [0.29, 0.717) is 0 Å². The lowest BCUT2D eigenvalue weighted by atomic mass is 10.0. The van der Waals surface area contributed by atoms with Crippen LogP contribution in [0, 0.1) is 0 Å². The summed E-state index contributed by atoms with van der Waals surface area (Å²) >= 11 is 0. The average molecular weight is 475 g/mol. The number of unbranched alkanes of at least 4 members (excludes halogenated alkanes) is 4. The molecule has 3 rings (SSSR count). The van der Waals surface area contributed by atoms with E-state index in [0.717, 1.165) is 23.3 Å². The average Bonchev–Trinajstić information content (AvgIpc) is 2.89. The first-order valence-electron chi connectivity index (χ1n) is 12.7. The highest BCUT2D eigenvalue weighted by atomic mass is 16.6. The molecule has 2 atom stereocenters. The van der Waals surface area contributed by atoms with Crippen LogP contribution in [0.1, 0.15) is 63.2 Å². The second kappa shape index (κ2) is 14.3. The lowest BCUT2D eigenvalue weighted by Crippen LogP contribution is -2.26. The number of methoxy groups -OCH3 is 1. The summed E-state index contributed by atoms with van der Waals surface area (Å²) in [6.45, 7) is 4.33. The molecule has 0 bridgehead atoms. The van der Waals surface area contributed by atoms with Gasteiger partial charge in [-0.1, -0.05) is 99.3 Å². The third kappa shape index (κ3) is 8.56. The SMILES string of the molecule is CCCCCCCc1ccc(-c2ccc(OCC(C)OC(=O)C(OC)c3ccccc3)cc2)cc1. The Hall–Kier alpha value is -3.11. The normalized spacial score (nSPS) is 12.7. The molecule has 0 N–H and O–H groups in total. The Morgan fingerprint density at radius 3 is 2.06 bits per heavy atom. The van der Waals surface area contributed by atoms with E-state index in [4.69, 9.17) is 14.2 Å². The molecule has 0 aromatic heterocycles. The number of carbonyl (C=O) groups excluding carboxylic acids is 1. The molecule has 0 amide bonds. The second-order valence-corrected chi connectivity index (χ2v) is 8.97. The van der Waals surface area contributed by atoms with Crippen LogP contribution in [-0.4, -0.2) is 25.8 Å². The lowest BCUT2D eigenvalue weighted by Gasteiger charge is -2.19. The number of rotatable bonds is 14. The largest absolute Gasteiger partial charge is 0.490 e. The quantitative estimate of drug-likeness (QED) is 0.179. The van der Waals surface area contributed by atoms with Gasteiger partial charge in [0.1, 0.15) is 18.5 Å². The summed E-state index contributed by atoms with van der Waals surface area (Å²) in [7, 11) is 1.50. The van der Waals surface area contributed by atoms with Gasteiger partial charge in [0.15, 0.2) is 6.10 Å². The number of hydrogen-bond donors (Lipinski definition) is 0. The Morgan fingerprint density at radius 2 is 1.43 bits per heavy atom. The van der Waals surface area contributed by atoms with E-state index >= 15 is 0 Å². The molecule has 0 saturated heterocycles. The van der Waals surface area contributed by atoms with Crippen LogP contribution in [0.5, 0.6) is 5.75 Å². The standard InChI is InChI=1S/C31H38O4/c1-4-5-6-7-9-12-25-15-17-26(18-16-25)27-19-21-29(22-20-27)34-23-24(2)35-31(32)30(33-3)28-13-10-8-11-14-28/h8,10-11,13-22,24,30H,4-7,9,12,23H2,1-3H3. The predicted octanol–water partition coefficient (Wildman–Crippen LogP) is 7.56. The van der Waals surface area contributed by atoms with Gasteiger partial charge in [0, 0.05) is 7.11 Å². The number of benzene rings is 3. The Morgan fingerprint density at radius 1 is 0.800 bits per heavy atom.